The van der Waals surface area contributed by atoms with Gasteiger partial charge in [0.15, 0.2) is 0 Å². The zero-order chi connectivity index (χ0) is 16.4. The molecule has 0 radical (unpaired) electrons. The van der Waals surface area contributed by atoms with Crippen LogP contribution in [0.1, 0.15) is 41.0 Å². The quantitative estimate of drug-likeness (QED) is 0.549. The number of hydrogen-bond acceptors (Lipinski definition) is 5. The highest BCUT2D eigenvalue weighted by molar-refractivity contribution is 5.74. The van der Waals surface area contributed by atoms with Gasteiger partial charge in [-0.15, -0.1) is 0 Å². The summed E-state index contributed by atoms with van der Waals surface area (Å²) < 4.78 is 5.93. The van der Waals surface area contributed by atoms with Crippen molar-refractivity contribution in [3.05, 3.63) is 0 Å². The van der Waals surface area contributed by atoms with Crippen molar-refractivity contribution in [3.63, 3.8) is 0 Å². The fourth-order valence-electron chi connectivity index (χ4n) is 2.76. The van der Waals surface area contributed by atoms with E-state index in [1.165, 1.54) is 20.8 Å². The second-order valence-electron chi connectivity index (χ2n) is 6.31. The molecule has 122 valence electrons. The van der Waals surface area contributed by atoms with E-state index >= 15 is 0 Å². The van der Waals surface area contributed by atoms with Gasteiger partial charge in [0.1, 0.15) is 6.10 Å². The average Bonchev–Trinajstić information content (AvgIpc) is 2.27. The van der Waals surface area contributed by atoms with E-state index in [9.17, 15) is 19.8 Å². The Bertz CT molecular complexity index is 379. The molecule has 1 saturated heterocycles. The Morgan fingerprint density at radius 3 is 2.29 bits per heavy atom. The van der Waals surface area contributed by atoms with Gasteiger partial charge in [0.05, 0.1) is 29.9 Å². The van der Waals surface area contributed by atoms with Gasteiger partial charge >= 0.3 is 0 Å². The lowest BCUT2D eigenvalue weighted by molar-refractivity contribution is -0.182. The largest absolute Gasteiger partial charge is 0.391 e. The molecule has 1 fully saturated rings. The van der Waals surface area contributed by atoms with Gasteiger partial charge in [-0.1, -0.05) is 0 Å². The van der Waals surface area contributed by atoms with Crippen molar-refractivity contribution in [3.8, 4) is 0 Å². The van der Waals surface area contributed by atoms with Crippen LogP contribution in [0, 0.1) is 0 Å². The highest BCUT2D eigenvalue weighted by Crippen LogP contribution is 2.31. The first-order valence-electron chi connectivity index (χ1n) is 7.11. The van der Waals surface area contributed by atoms with Crippen LogP contribution in [0.15, 0.2) is 0 Å². The van der Waals surface area contributed by atoms with Gasteiger partial charge in [-0.3, -0.25) is 9.59 Å². The maximum Gasteiger partial charge on any atom is 0.217 e. The third-order valence-electron chi connectivity index (χ3n) is 3.54. The van der Waals surface area contributed by atoms with Crippen LogP contribution in [0.3, 0.4) is 0 Å². The van der Waals surface area contributed by atoms with E-state index in [1.54, 1.807) is 0 Å². The smallest absolute Gasteiger partial charge is 0.217 e. The van der Waals surface area contributed by atoms with E-state index in [1.807, 2.05) is 13.8 Å². The molecule has 2 amide bonds. The number of aliphatic hydroxyl groups excluding tert-OH is 2. The molecule has 0 aromatic heterocycles. The van der Waals surface area contributed by atoms with Crippen molar-refractivity contribution < 1.29 is 24.5 Å². The molecule has 21 heavy (non-hydrogen) atoms. The van der Waals surface area contributed by atoms with Gasteiger partial charge in [-0.25, -0.2) is 0 Å². The predicted octanol–water partition coefficient (Wildman–Crippen LogP) is -0.695. The second-order valence-corrected chi connectivity index (χ2v) is 6.31. The van der Waals surface area contributed by atoms with Crippen LogP contribution in [0.25, 0.3) is 0 Å². The van der Waals surface area contributed by atoms with E-state index in [-0.39, 0.29) is 11.8 Å². The summed E-state index contributed by atoms with van der Waals surface area (Å²) in [5, 5.41) is 25.5. The highest BCUT2D eigenvalue weighted by Gasteiger charge is 2.46. The molecule has 1 aliphatic rings. The molecule has 1 rings (SSSR count). The predicted molar refractivity (Wildman–Crippen MR) is 76.5 cm³/mol. The Labute approximate surface area is 125 Å². The third-order valence-corrected chi connectivity index (χ3v) is 3.54. The maximum atomic E-state index is 11.4. The molecular formula is C14H26N2O5. The molecule has 0 saturated carbocycles. The second kappa shape index (κ2) is 6.72. The van der Waals surface area contributed by atoms with Gasteiger partial charge in [0.2, 0.25) is 11.8 Å². The Morgan fingerprint density at radius 1 is 1.29 bits per heavy atom. The molecule has 0 aromatic carbocycles. The molecule has 2 unspecified atom stereocenters. The summed E-state index contributed by atoms with van der Waals surface area (Å²) in [5.74, 6) is -0.622. The summed E-state index contributed by atoms with van der Waals surface area (Å²) in [6.07, 6.45) is -2.09. The zero-order valence-electron chi connectivity index (χ0n) is 13.2. The molecule has 4 N–H and O–H groups in total. The first-order valence-corrected chi connectivity index (χ1v) is 7.11. The molecular weight excluding hydrogens is 276 g/mol. The van der Waals surface area contributed by atoms with E-state index < -0.39 is 36.0 Å². The van der Waals surface area contributed by atoms with Crippen molar-refractivity contribution in [1.29, 1.82) is 0 Å². The lowest BCUT2D eigenvalue weighted by atomic mass is 9.84. The number of amides is 2. The molecule has 7 nitrogen and oxygen atoms in total. The standard InChI is InChI=1S/C14H26N2O5/c1-7(17)11(15-8(2)18)13-12(16-9(3)19)10(20)6-14(4,5)21-13/h7,10-13,17,20H,6H2,1-5H3,(H,15,18)(H,16,19)/t7-,10-,11-,12?,13?/m1/s1. The van der Waals surface area contributed by atoms with Crippen molar-refractivity contribution in [2.45, 2.75) is 77.0 Å². The SMILES string of the molecule is CC(=O)NC1C([C@H](NC(C)=O)[C@@H](C)O)OC(C)(C)C[C@H]1O. The number of carbonyl (C=O) groups is 2. The Morgan fingerprint density at radius 2 is 1.86 bits per heavy atom. The van der Waals surface area contributed by atoms with E-state index in [2.05, 4.69) is 10.6 Å². The Hall–Kier alpha value is -1.18. The molecule has 0 aliphatic carbocycles. The summed E-state index contributed by atoms with van der Waals surface area (Å²) in [4.78, 5) is 22.7. The van der Waals surface area contributed by atoms with E-state index in [4.69, 9.17) is 4.74 Å². The fraction of sp³-hybridized carbons (Fsp3) is 0.857. The van der Waals surface area contributed by atoms with Crippen molar-refractivity contribution in [1.82, 2.24) is 10.6 Å². The molecule has 5 atom stereocenters. The summed E-state index contributed by atoms with van der Waals surface area (Å²) in [6.45, 7) is 7.86. The van der Waals surface area contributed by atoms with Crippen LogP contribution in [-0.2, 0) is 14.3 Å². The lowest BCUT2D eigenvalue weighted by Gasteiger charge is -2.47. The normalized spacial score (nSPS) is 31.1. The highest BCUT2D eigenvalue weighted by atomic mass is 16.5. The minimum absolute atomic E-state index is 0.306. The number of nitrogens with one attached hydrogen (secondary N) is 2. The first-order chi connectivity index (χ1) is 9.53. The maximum absolute atomic E-state index is 11.4. The monoisotopic (exact) mass is 302 g/mol. The van der Waals surface area contributed by atoms with Crippen LogP contribution in [0.2, 0.25) is 0 Å². The van der Waals surface area contributed by atoms with E-state index in [0.717, 1.165) is 0 Å². The molecule has 1 aliphatic heterocycles. The zero-order valence-corrected chi connectivity index (χ0v) is 13.2. The third kappa shape index (κ3) is 4.94. The number of rotatable bonds is 4. The summed E-state index contributed by atoms with van der Waals surface area (Å²) in [5.41, 5.74) is -0.620. The molecule has 0 bridgehead atoms. The van der Waals surface area contributed by atoms with Gasteiger partial charge in [-0.05, 0) is 20.8 Å². The molecule has 0 aromatic rings. The number of aliphatic hydroxyl groups is 2. The molecule has 7 heteroatoms. The van der Waals surface area contributed by atoms with Crippen LogP contribution in [-0.4, -0.2) is 58.0 Å². The Balaban J connectivity index is 3.07. The van der Waals surface area contributed by atoms with Gasteiger partial charge in [-0.2, -0.15) is 0 Å². The number of hydrogen-bond donors (Lipinski definition) is 4. The molecule has 1 heterocycles. The van der Waals surface area contributed by atoms with Gasteiger partial charge in [0, 0.05) is 20.3 Å². The number of ether oxygens (including phenoxy) is 1. The first kappa shape index (κ1) is 17.9. The number of carbonyl (C=O) groups excluding carboxylic acids is 2. The van der Waals surface area contributed by atoms with Crippen LogP contribution < -0.4 is 10.6 Å². The topological polar surface area (TPSA) is 108 Å². The Kier molecular flexibility index (Phi) is 5.72. The summed E-state index contributed by atoms with van der Waals surface area (Å²) >= 11 is 0. The van der Waals surface area contributed by atoms with Crippen LogP contribution >= 0.6 is 0 Å². The average molecular weight is 302 g/mol. The van der Waals surface area contributed by atoms with Crippen molar-refractivity contribution in [2.24, 2.45) is 0 Å². The van der Waals surface area contributed by atoms with Crippen LogP contribution in [0.4, 0.5) is 0 Å². The summed E-state index contributed by atoms with van der Waals surface area (Å²) in [6, 6.07) is -1.42. The van der Waals surface area contributed by atoms with Crippen molar-refractivity contribution >= 4 is 11.8 Å². The summed E-state index contributed by atoms with van der Waals surface area (Å²) in [7, 11) is 0. The minimum Gasteiger partial charge on any atom is -0.391 e. The minimum atomic E-state index is -0.892. The van der Waals surface area contributed by atoms with E-state index in [0.29, 0.717) is 6.42 Å². The molecule has 0 spiro atoms. The fourth-order valence-corrected chi connectivity index (χ4v) is 2.76. The van der Waals surface area contributed by atoms with Crippen molar-refractivity contribution in [2.75, 3.05) is 0 Å². The van der Waals surface area contributed by atoms with Gasteiger partial charge < -0.3 is 25.6 Å². The van der Waals surface area contributed by atoms with Gasteiger partial charge in [0.25, 0.3) is 0 Å². The lowest BCUT2D eigenvalue weighted by Crippen LogP contribution is -2.67. The van der Waals surface area contributed by atoms with Crippen LogP contribution in [0.5, 0.6) is 0 Å².